The van der Waals surface area contributed by atoms with E-state index in [0.29, 0.717) is 5.56 Å². The zero-order valence-electron chi connectivity index (χ0n) is 9.65. The lowest BCUT2D eigenvalue weighted by Crippen LogP contribution is -2.08. The lowest BCUT2D eigenvalue weighted by molar-refractivity contribution is 0.0681. The van der Waals surface area contributed by atoms with Crippen LogP contribution in [0.4, 0.5) is 8.78 Å². The van der Waals surface area contributed by atoms with E-state index < -0.39 is 23.7 Å². The third kappa shape index (κ3) is 3.02. The number of nitrogens with zero attached hydrogens (tertiary/aromatic N) is 2. The number of hydrogen-bond donors (Lipinski definition) is 1. The highest BCUT2D eigenvalue weighted by Crippen LogP contribution is 2.27. The number of aromatic carboxylic acids is 1. The molecule has 1 heterocycles. The number of alkyl halides is 2. The van der Waals surface area contributed by atoms with Gasteiger partial charge in [0.1, 0.15) is 11.3 Å². The first kappa shape index (κ1) is 14.6. The molecule has 104 valence electrons. The molecule has 0 aliphatic rings. The topological polar surface area (TPSA) is 63.1 Å². The van der Waals surface area contributed by atoms with Gasteiger partial charge in [-0.25, -0.2) is 23.5 Å². The minimum Gasteiger partial charge on any atom is -0.478 e. The number of halogens is 4. The predicted molar refractivity (Wildman–Crippen MR) is 69.4 cm³/mol. The molecule has 0 radical (unpaired) electrons. The van der Waals surface area contributed by atoms with Crippen LogP contribution in [0.3, 0.4) is 0 Å². The van der Waals surface area contributed by atoms with Crippen molar-refractivity contribution < 1.29 is 18.7 Å². The molecule has 0 spiro atoms. The summed E-state index contributed by atoms with van der Waals surface area (Å²) in [7, 11) is 0. The summed E-state index contributed by atoms with van der Waals surface area (Å²) < 4.78 is 25.7. The fourth-order valence-electron chi connectivity index (χ4n) is 1.55. The van der Waals surface area contributed by atoms with Crippen molar-refractivity contribution in [2.24, 2.45) is 0 Å². The van der Waals surface area contributed by atoms with Crippen molar-refractivity contribution in [2.75, 3.05) is 0 Å². The third-order valence-electron chi connectivity index (χ3n) is 2.38. The SMILES string of the molecule is O=C(O)c1cnc(-c2cc(Cl)cc(Cl)c2)nc1C(F)F. The molecule has 0 fully saturated rings. The van der Waals surface area contributed by atoms with Crippen LogP contribution in [-0.2, 0) is 0 Å². The Balaban J connectivity index is 2.58. The van der Waals surface area contributed by atoms with Crippen molar-refractivity contribution >= 4 is 29.2 Å². The maximum absolute atomic E-state index is 12.8. The molecule has 0 saturated carbocycles. The van der Waals surface area contributed by atoms with Crippen LogP contribution in [0, 0.1) is 0 Å². The van der Waals surface area contributed by atoms with E-state index in [1.165, 1.54) is 18.2 Å². The maximum atomic E-state index is 12.8. The lowest BCUT2D eigenvalue weighted by Gasteiger charge is -2.07. The van der Waals surface area contributed by atoms with Gasteiger partial charge in [0, 0.05) is 21.8 Å². The van der Waals surface area contributed by atoms with Gasteiger partial charge in [-0.3, -0.25) is 0 Å². The fourth-order valence-corrected chi connectivity index (χ4v) is 2.07. The van der Waals surface area contributed by atoms with E-state index >= 15 is 0 Å². The maximum Gasteiger partial charge on any atom is 0.339 e. The van der Waals surface area contributed by atoms with Gasteiger partial charge >= 0.3 is 5.97 Å². The van der Waals surface area contributed by atoms with Gasteiger partial charge in [-0.1, -0.05) is 23.2 Å². The highest BCUT2D eigenvalue weighted by atomic mass is 35.5. The Kier molecular flexibility index (Phi) is 4.15. The average molecular weight is 319 g/mol. The Morgan fingerprint density at radius 1 is 1.20 bits per heavy atom. The quantitative estimate of drug-likeness (QED) is 0.925. The Labute approximate surface area is 122 Å². The lowest BCUT2D eigenvalue weighted by atomic mass is 10.2. The number of carbonyl (C=O) groups is 1. The van der Waals surface area contributed by atoms with Crippen LogP contribution in [0.25, 0.3) is 11.4 Å². The normalized spacial score (nSPS) is 10.8. The minimum absolute atomic E-state index is 0.0744. The highest BCUT2D eigenvalue weighted by molar-refractivity contribution is 6.35. The second-order valence-corrected chi connectivity index (χ2v) is 4.63. The van der Waals surface area contributed by atoms with Gasteiger partial charge in [-0.2, -0.15) is 0 Å². The summed E-state index contributed by atoms with van der Waals surface area (Å²) >= 11 is 11.6. The molecule has 2 rings (SSSR count). The molecule has 0 aliphatic heterocycles. The Morgan fingerprint density at radius 2 is 1.80 bits per heavy atom. The minimum atomic E-state index is -3.03. The molecular formula is C12H6Cl2F2N2O2. The van der Waals surface area contributed by atoms with E-state index in [0.717, 1.165) is 6.20 Å². The summed E-state index contributed by atoms with van der Waals surface area (Å²) in [6.07, 6.45) is -2.20. The van der Waals surface area contributed by atoms with Crippen LogP contribution in [0.1, 0.15) is 22.5 Å². The van der Waals surface area contributed by atoms with Crippen LogP contribution in [0.15, 0.2) is 24.4 Å². The first-order chi connectivity index (χ1) is 9.38. The molecule has 0 amide bonds. The third-order valence-corrected chi connectivity index (χ3v) is 2.81. The molecule has 4 nitrogen and oxygen atoms in total. The molecule has 0 saturated heterocycles. The summed E-state index contributed by atoms with van der Waals surface area (Å²) in [4.78, 5) is 18.2. The Morgan fingerprint density at radius 3 is 2.30 bits per heavy atom. The number of aromatic nitrogens is 2. The van der Waals surface area contributed by atoms with Crippen LogP contribution < -0.4 is 0 Å². The zero-order valence-corrected chi connectivity index (χ0v) is 11.2. The molecule has 0 atom stereocenters. The van der Waals surface area contributed by atoms with Gasteiger partial charge in [0.25, 0.3) is 6.43 Å². The number of carboxylic acids is 1. The van der Waals surface area contributed by atoms with Crippen LogP contribution >= 0.6 is 23.2 Å². The molecule has 2 aromatic rings. The van der Waals surface area contributed by atoms with E-state index in [2.05, 4.69) is 9.97 Å². The molecule has 20 heavy (non-hydrogen) atoms. The van der Waals surface area contributed by atoms with E-state index in [9.17, 15) is 13.6 Å². The number of hydrogen-bond acceptors (Lipinski definition) is 3. The van der Waals surface area contributed by atoms with E-state index in [1.54, 1.807) is 0 Å². The monoisotopic (exact) mass is 318 g/mol. The summed E-state index contributed by atoms with van der Waals surface area (Å²) in [5.74, 6) is -1.59. The highest BCUT2D eigenvalue weighted by Gasteiger charge is 2.21. The second kappa shape index (κ2) is 5.68. The fraction of sp³-hybridized carbons (Fsp3) is 0.0833. The van der Waals surface area contributed by atoms with Crippen molar-refractivity contribution in [3.05, 3.63) is 45.7 Å². The van der Waals surface area contributed by atoms with Gasteiger partial charge < -0.3 is 5.11 Å². The molecule has 1 aromatic carbocycles. The van der Waals surface area contributed by atoms with Gasteiger partial charge in [0.15, 0.2) is 5.82 Å². The molecule has 1 aromatic heterocycles. The number of benzene rings is 1. The standard InChI is InChI=1S/C12H6Cl2F2N2O2/c13-6-1-5(2-7(14)3-6)11-17-4-8(12(19)20)9(18-11)10(15)16/h1-4,10H,(H,19,20). The molecule has 0 aliphatic carbocycles. The molecule has 1 N–H and O–H groups in total. The Bertz CT molecular complexity index is 660. The molecular weight excluding hydrogens is 313 g/mol. The van der Waals surface area contributed by atoms with E-state index in [4.69, 9.17) is 28.3 Å². The molecule has 8 heteroatoms. The second-order valence-electron chi connectivity index (χ2n) is 3.76. The van der Waals surface area contributed by atoms with Crippen molar-refractivity contribution in [2.45, 2.75) is 6.43 Å². The van der Waals surface area contributed by atoms with Crippen LogP contribution in [0.5, 0.6) is 0 Å². The van der Waals surface area contributed by atoms with Gasteiger partial charge in [0.05, 0.1) is 0 Å². The Hall–Kier alpha value is -1.79. The summed E-state index contributed by atoms with van der Waals surface area (Å²) in [5, 5.41) is 9.39. The molecule has 0 unspecified atom stereocenters. The van der Waals surface area contributed by atoms with E-state index in [1.807, 2.05) is 0 Å². The first-order valence-corrected chi connectivity index (χ1v) is 5.99. The van der Waals surface area contributed by atoms with Crippen molar-refractivity contribution in [3.63, 3.8) is 0 Å². The van der Waals surface area contributed by atoms with Gasteiger partial charge in [-0.15, -0.1) is 0 Å². The van der Waals surface area contributed by atoms with Gasteiger partial charge in [-0.05, 0) is 18.2 Å². The van der Waals surface area contributed by atoms with Crippen molar-refractivity contribution in [1.29, 1.82) is 0 Å². The summed E-state index contributed by atoms with van der Waals surface area (Å²) in [6, 6.07) is 4.35. The van der Waals surface area contributed by atoms with Crippen molar-refractivity contribution in [1.82, 2.24) is 9.97 Å². The number of carboxylic acid groups (broad SMARTS) is 1. The average Bonchev–Trinajstić information content (AvgIpc) is 2.36. The largest absolute Gasteiger partial charge is 0.478 e. The van der Waals surface area contributed by atoms with Crippen LogP contribution in [0.2, 0.25) is 10.0 Å². The molecule has 0 bridgehead atoms. The van der Waals surface area contributed by atoms with E-state index in [-0.39, 0.29) is 15.9 Å². The predicted octanol–water partition coefficient (Wildman–Crippen LogP) is 4.09. The zero-order chi connectivity index (χ0) is 14.9. The van der Waals surface area contributed by atoms with Gasteiger partial charge in [0.2, 0.25) is 0 Å². The smallest absolute Gasteiger partial charge is 0.339 e. The summed E-state index contributed by atoms with van der Waals surface area (Å²) in [5.41, 5.74) is -1.17. The van der Waals surface area contributed by atoms with Crippen LogP contribution in [-0.4, -0.2) is 21.0 Å². The summed E-state index contributed by atoms with van der Waals surface area (Å²) in [6.45, 7) is 0. The van der Waals surface area contributed by atoms with Crippen molar-refractivity contribution in [3.8, 4) is 11.4 Å². The number of rotatable bonds is 3. The first-order valence-electron chi connectivity index (χ1n) is 5.23.